The highest BCUT2D eigenvalue weighted by molar-refractivity contribution is 7.47. The molecule has 0 aliphatic heterocycles. The van der Waals surface area contributed by atoms with Gasteiger partial charge in [0, 0.05) is 12.3 Å². The first kappa shape index (κ1) is 20.5. The molecule has 146 valence electrons. The zero-order chi connectivity index (χ0) is 19.8. The van der Waals surface area contributed by atoms with E-state index in [4.69, 9.17) is 4.74 Å². The van der Waals surface area contributed by atoms with Gasteiger partial charge in [0.2, 0.25) is 0 Å². The second kappa shape index (κ2) is 10.4. The Labute approximate surface area is 169 Å². The van der Waals surface area contributed by atoms with Crippen LogP contribution in [0.4, 0.5) is 0 Å². The van der Waals surface area contributed by atoms with E-state index in [0.29, 0.717) is 15.2 Å². The lowest BCUT2D eigenvalue weighted by molar-refractivity contribution is 0.139. The van der Waals surface area contributed by atoms with Crippen molar-refractivity contribution in [3.8, 4) is 16.9 Å². The van der Waals surface area contributed by atoms with Crippen LogP contribution in [0.25, 0.3) is 11.1 Å². The molecule has 0 fully saturated rings. The SMILES string of the molecule is CCOc1cccc(-c2ccccc2PCN[C@@H](C)C(O)c2ccccc2)c1. The monoisotopic (exact) mass is 393 g/mol. The van der Waals surface area contributed by atoms with Gasteiger partial charge in [-0.1, -0.05) is 75.3 Å². The van der Waals surface area contributed by atoms with Crippen LogP contribution in [0.3, 0.4) is 0 Å². The van der Waals surface area contributed by atoms with Crippen LogP contribution in [-0.2, 0) is 0 Å². The van der Waals surface area contributed by atoms with Crippen LogP contribution in [0, 0.1) is 0 Å². The Morgan fingerprint density at radius 2 is 1.71 bits per heavy atom. The molecule has 3 aromatic carbocycles. The summed E-state index contributed by atoms with van der Waals surface area (Å²) in [7, 11) is 0.607. The number of aliphatic hydroxyl groups is 1. The molecule has 0 spiro atoms. The summed E-state index contributed by atoms with van der Waals surface area (Å²) in [4.78, 5) is 0. The lowest BCUT2D eigenvalue weighted by Gasteiger charge is -2.21. The van der Waals surface area contributed by atoms with Crippen LogP contribution >= 0.6 is 8.58 Å². The molecule has 0 aromatic heterocycles. The van der Waals surface area contributed by atoms with Crippen molar-refractivity contribution in [1.29, 1.82) is 0 Å². The largest absolute Gasteiger partial charge is 0.494 e. The number of ether oxygens (including phenoxy) is 1. The smallest absolute Gasteiger partial charge is 0.119 e. The second-order valence-corrected chi connectivity index (χ2v) is 7.95. The van der Waals surface area contributed by atoms with E-state index in [0.717, 1.165) is 17.6 Å². The van der Waals surface area contributed by atoms with Crippen LogP contribution in [0.2, 0.25) is 0 Å². The zero-order valence-corrected chi connectivity index (χ0v) is 17.4. The molecule has 2 unspecified atom stereocenters. The number of nitrogens with one attached hydrogen (secondary N) is 1. The molecule has 0 saturated heterocycles. The molecular formula is C24H28NO2P. The first-order valence-corrected chi connectivity index (χ1v) is 10.9. The minimum absolute atomic E-state index is 0.0108. The highest BCUT2D eigenvalue weighted by Crippen LogP contribution is 2.26. The maximum Gasteiger partial charge on any atom is 0.119 e. The molecule has 0 saturated carbocycles. The summed E-state index contributed by atoms with van der Waals surface area (Å²) >= 11 is 0. The van der Waals surface area contributed by atoms with Crippen LogP contribution in [0.5, 0.6) is 5.75 Å². The number of hydrogen-bond donors (Lipinski definition) is 2. The summed E-state index contributed by atoms with van der Waals surface area (Å²) in [5.74, 6) is 0.899. The van der Waals surface area contributed by atoms with Crippen molar-refractivity contribution in [2.45, 2.75) is 26.0 Å². The van der Waals surface area contributed by atoms with Gasteiger partial charge in [-0.25, -0.2) is 0 Å². The van der Waals surface area contributed by atoms with Gasteiger partial charge in [-0.3, -0.25) is 0 Å². The van der Waals surface area contributed by atoms with E-state index in [-0.39, 0.29) is 6.04 Å². The molecule has 3 rings (SSSR count). The number of hydrogen-bond acceptors (Lipinski definition) is 3. The van der Waals surface area contributed by atoms with Gasteiger partial charge in [0.15, 0.2) is 0 Å². The van der Waals surface area contributed by atoms with Crippen molar-refractivity contribution < 1.29 is 9.84 Å². The summed E-state index contributed by atoms with van der Waals surface area (Å²) in [6.07, 6.45) is 0.317. The topological polar surface area (TPSA) is 41.5 Å². The fourth-order valence-electron chi connectivity index (χ4n) is 3.17. The highest BCUT2D eigenvalue weighted by Gasteiger charge is 2.15. The van der Waals surface area contributed by atoms with Gasteiger partial charge in [0.1, 0.15) is 5.75 Å². The standard InChI is InChI=1S/C24H28NO2P/c1-3-27-21-13-9-12-20(16-21)22-14-7-8-15-23(22)28-17-25-18(2)24(26)19-10-5-4-6-11-19/h4-16,18,24-26,28H,3,17H2,1-2H3/t18-,24?/m0/s1. The zero-order valence-electron chi connectivity index (χ0n) is 16.4. The molecule has 0 radical (unpaired) electrons. The summed E-state index contributed by atoms with van der Waals surface area (Å²) in [5, 5.41) is 15.3. The molecular weight excluding hydrogens is 365 g/mol. The maximum atomic E-state index is 10.5. The van der Waals surface area contributed by atoms with E-state index in [9.17, 15) is 5.11 Å². The summed E-state index contributed by atoms with van der Waals surface area (Å²) in [6, 6.07) is 26.6. The van der Waals surface area contributed by atoms with Crippen molar-refractivity contribution >= 4 is 13.9 Å². The normalized spacial score (nSPS) is 13.5. The molecule has 0 aliphatic rings. The fourth-order valence-corrected chi connectivity index (χ4v) is 4.41. The minimum atomic E-state index is -0.510. The van der Waals surface area contributed by atoms with Gasteiger partial charge in [0.25, 0.3) is 0 Å². The number of rotatable bonds is 9. The third-order valence-electron chi connectivity index (χ3n) is 4.70. The fraction of sp³-hybridized carbons (Fsp3) is 0.250. The first-order valence-electron chi connectivity index (χ1n) is 9.71. The predicted octanol–water partition coefficient (Wildman–Crippen LogP) is 4.73. The molecule has 0 amide bonds. The van der Waals surface area contributed by atoms with Gasteiger partial charge in [-0.2, -0.15) is 0 Å². The molecule has 0 aliphatic carbocycles. The lowest BCUT2D eigenvalue weighted by Crippen LogP contribution is -2.32. The van der Waals surface area contributed by atoms with Gasteiger partial charge >= 0.3 is 0 Å². The Kier molecular flexibility index (Phi) is 7.62. The lowest BCUT2D eigenvalue weighted by atomic mass is 10.0. The van der Waals surface area contributed by atoms with E-state index >= 15 is 0 Å². The Hall–Kier alpha value is -2.19. The Morgan fingerprint density at radius 1 is 0.964 bits per heavy atom. The van der Waals surface area contributed by atoms with Gasteiger partial charge in [0.05, 0.1) is 12.7 Å². The number of aliphatic hydroxyl groups excluding tert-OH is 1. The molecule has 28 heavy (non-hydrogen) atoms. The summed E-state index contributed by atoms with van der Waals surface area (Å²) < 4.78 is 5.65. The second-order valence-electron chi connectivity index (χ2n) is 6.71. The Morgan fingerprint density at radius 3 is 2.50 bits per heavy atom. The van der Waals surface area contributed by atoms with E-state index in [2.05, 4.69) is 41.7 Å². The maximum absolute atomic E-state index is 10.5. The quantitative estimate of drug-likeness (QED) is 0.517. The van der Waals surface area contributed by atoms with Crippen LogP contribution in [0.1, 0.15) is 25.5 Å². The molecule has 3 atom stereocenters. The van der Waals surface area contributed by atoms with Crippen molar-refractivity contribution in [2.75, 3.05) is 12.9 Å². The third kappa shape index (κ3) is 5.42. The van der Waals surface area contributed by atoms with Crippen LogP contribution in [-0.4, -0.2) is 24.0 Å². The Bertz CT molecular complexity index is 869. The third-order valence-corrected chi connectivity index (χ3v) is 5.90. The Balaban J connectivity index is 1.65. The average Bonchev–Trinajstić information content (AvgIpc) is 2.74. The average molecular weight is 393 g/mol. The van der Waals surface area contributed by atoms with Gasteiger partial charge in [-0.05, 0) is 48.0 Å². The van der Waals surface area contributed by atoms with E-state index in [1.807, 2.05) is 56.3 Å². The van der Waals surface area contributed by atoms with Crippen LogP contribution in [0.15, 0.2) is 78.9 Å². The summed E-state index contributed by atoms with van der Waals surface area (Å²) in [6.45, 7) is 4.69. The first-order chi connectivity index (χ1) is 13.7. The molecule has 0 heterocycles. The van der Waals surface area contributed by atoms with E-state index in [1.54, 1.807) is 0 Å². The molecule has 3 nitrogen and oxygen atoms in total. The number of benzene rings is 3. The molecule has 2 N–H and O–H groups in total. The van der Waals surface area contributed by atoms with Gasteiger partial charge in [-0.15, -0.1) is 0 Å². The predicted molar refractivity (Wildman–Crippen MR) is 120 cm³/mol. The van der Waals surface area contributed by atoms with Crippen molar-refractivity contribution in [3.05, 3.63) is 84.4 Å². The minimum Gasteiger partial charge on any atom is -0.494 e. The summed E-state index contributed by atoms with van der Waals surface area (Å²) in [5.41, 5.74) is 3.35. The van der Waals surface area contributed by atoms with Crippen molar-refractivity contribution in [2.24, 2.45) is 0 Å². The van der Waals surface area contributed by atoms with E-state index in [1.165, 1.54) is 16.4 Å². The molecule has 0 bridgehead atoms. The van der Waals surface area contributed by atoms with E-state index < -0.39 is 6.10 Å². The van der Waals surface area contributed by atoms with Crippen LogP contribution < -0.4 is 15.4 Å². The van der Waals surface area contributed by atoms with Gasteiger partial charge < -0.3 is 15.2 Å². The molecule has 4 heteroatoms. The van der Waals surface area contributed by atoms with Crippen molar-refractivity contribution in [3.63, 3.8) is 0 Å². The van der Waals surface area contributed by atoms with Crippen molar-refractivity contribution in [1.82, 2.24) is 5.32 Å². The molecule has 3 aromatic rings. The highest BCUT2D eigenvalue weighted by atomic mass is 31.1.